The van der Waals surface area contributed by atoms with E-state index >= 15 is 0 Å². The molecule has 0 bridgehead atoms. The summed E-state index contributed by atoms with van der Waals surface area (Å²) in [6, 6.07) is 8.26. The predicted octanol–water partition coefficient (Wildman–Crippen LogP) is 0.496. The van der Waals surface area contributed by atoms with Crippen molar-refractivity contribution in [3.63, 3.8) is 0 Å². The zero-order valence-corrected chi connectivity index (χ0v) is 15.3. The van der Waals surface area contributed by atoms with Gasteiger partial charge < -0.3 is 19.9 Å². The fraction of sp³-hybridized carbons (Fsp3) is 0.250. The summed E-state index contributed by atoms with van der Waals surface area (Å²) < 4.78 is 12.2. The van der Waals surface area contributed by atoms with Gasteiger partial charge in [0.15, 0.2) is 17.6 Å². The Bertz CT molecular complexity index is 1040. The zero-order valence-electron chi connectivity index (χ0n) is 15.3. The highest BCUT2D eigenvalue weighted by molar-refractivity contribution is 5.94. The Kier molecular flexibility index (Phi) is 4.18. The SMILES string of the molecule is O=C(NCCO)c1ccc2[n+](c1)C(=O)C1C=CC(c3ccc4c(c3)OCO4)ON21. The van der Waals surface area contributed by atoms with E-state index < -0.39 is 12.1 Å². The molecule has 2 atom stereocenters. The monoisotopic (exact) mass is 396 g/mol. The Morgan fingerprint density at radius 1 is 1.21 bits per heavy atom. The summed E-state index contributed by atoms with van der Waals surface area (Å²) in [7, 11) is 0. The van der Waals surface area contributed by atoms with E-state index in [0.717, 1.165) is 5.56 Å². The largest absolute Gasteiger partial charge is 0.454 e. The van der Waals surface area contributed by atoms with Crippen molar-refractivity contribution in [2.75, 3.05) is 25.0 Å². The molecule has 0 saturated carbocycles. The molecular weight excluding hydrogens is 378 g/mol. The fourth-order valence-corrected chi connectivity index (χ4v) is 3.55. The maximum absolute atomic E-state index is 12.8. The quantitative estimate of drug-likeness (QED) is 0.573. The lowest BCUT2D eigenvalue weighted by Gasteiger charge is -2.23. The van der Waals surface area contributed by atoms with Crippen LogP contribution in [0.3, 0.4) is 0 Å². The summed E-state index contributed by atoms with van der Waals surface area (Å²) >= 11 is 0. The van der Waals surface area contributed by atoms with Gasteiger partial charge in [0.25, 0.3) is 5.91 Å². The fourth-order valence-electron chi connectivity index (χ4n) is 3.55. The summed E-state index contributed by atoms with van der Waals surface area (Å²) in [4.78, 5) is 31.0. The van der Waals surface area contributed by atoms with Gasteiger partial charge in [-0.25, -0.2) is 4.79 Å². The molecule has 2 aromatic rings. The lowest BCUT2D eigenvalue weighted by Crippen LogP contribution is -2.44. The number of aromatic nitrogens is 1. The molecule has 1 aromatic heterocycles. The van der Waals surface area contributed by atoms with Crippen molar-refractivity contribution >= 4 is 17.6 Å². The number of nitrogens with one attached hydrogen (secondary N) is 1. The van der Waals surface area contributed by atoms with Crippen LogP contribution in [-0.4, -0.2) is 42.9 Å². The number of carbonyl (C=O) groups is 2. The average molecular weight is 396 g/mol. The maximum Gasteiger partial charge on any atom is 0.366 e. The highest BCUT2D eigenvalue weighted by atomic mass is 16.7. The second-order valence-corrected chi connectivity index (χ2v) is 6.76. The van der Waals surface area contributed by atoms with Gasteiger partial charge in [-0.2, -0.15) is 9.40 Å². The first-order chi connectivity index (χ1) is 14.2. The third kappa shape index (κ3) is 2.91. The van der Waals surface area contributed by atoms with Crippen LogP contribution in [-0.2, 0) is 4.84 Å². The first kappa shape index (κ1) is 17.7. The van der Waals surface area contributed by atoms with Gasteiger partial charge in [0.1, 0.15) is 6.20 Å². The Morgan fingerprint density at radius 2 is 2.07 bits per heavy atom. The summed E-state index contributed by atoms with van der Waals surface area (Å²) in [6.07, 6.45) is 4.71. The number of anilines is 1. The molecule has 148 valence electrons. The highest BCUT2D eigenvalue weighted by Crippen LogP contribution is 2.38. The number of rotatable bonds is 4. The summed E-state index contributed by atoms with van der Waals surface area (Å²) in [6.45, 7) is 0.186. The Balaban J connectivity index is 1.42. The molecule has 0 saturated heterocycles. The van der Waals surface area contributed by atoms with Gasteiger partial charge in [0.2, 0.25) is 12.8 Å². The molecule has 1 aromatic carbocycles. The van der Waals surface area contributed by atoms with Crippen LogP contribution in [0.15, 0.2) is 48.7 Å². The van der Waals surface area contributed by atoms with Crippen molar-refractivity contribution in [3.8, 4) is 11.5 Å². The van der Waals surface area contributed by atoms with Gasteiger partial charge in [-0.3, -0.25) is 4.79 Å². The third-order valence-electron chi connectivity index (χ3n) is 4.98. The first-order valence-corrected chi connectivity index (χ1v) is 9.18. The number of pyridine rings is 1. The van der Waals surface area contributed by atoms with Crippen molar-refractivity contribution in [3.05, 3.63) is 59.8 Å². The average Bonchev–Trinajstić information content (AvgIpc) is 3.34. The van der Waals surface area contributed by atoms with Crippen molar-refractivity contribution in [2.24, 2.45) is 0 Å². The van der Waals surface area contributed by atoms with Crippen LogP contribution in [0, 0.1) is 0 Å². The number of hydrogen-bond acceptors (Lipinski definition) is 7. The van der Waals surface area contributed by atoms with Gasteiger partial charge in [-0.05, 0) is 35.9 Å². The smallest absolute Gasteiger partial charge is 0.366 e. The van der Waals surface area contributed by atoms with Crippen LogP contribution in [0.5, 0.6) is 11.5 Å². The van der Waals surface area contributed by atoms with Crippen molar-refractivity contribution in [1.29, 1.82) is 0 Å². The van der Waals surface area contributed by atoms with E-state index in [1.54, 1.807) is 23.3 Å². The van der Waals surface area contributed by atoms with Crippen LogP contribution in [0.4, 0.5) is 5.82 Å². The molecule has 9 nitrogen and oxygen atoms in total. The van der Waals surface area contributed by atoms with Gasteiger partial charge >= 0.3 is 11.7 Å². The Morgan fingerprint density at radius 3 is 2.93 bits per heavy atom. The molecular formula is C20H18N3O6+. The molecule has 0 aliphatic carbocycles. The number of hydrogen-bond donors (Lipinski definition) is 2. The molecule has 9 heteroatoms. The summed E-state index contributed by atoms with van der Waals surface area (Å²) in [5.41, 5.74) is 1.20. The maximum atomic E-state index is 12.8. The lowest BCUT2D eigenvalue weighted by atomic mass is 10.1. The number of nitrogens with zero attached hydrogens (tertiary/aromatic N) is 2. The van der Waals surface area contributed by atoms with Gasteiger partial charge in [-0.1, -0.05) is 11.1 Å². The molecule has 0 fully saturated rings. The molecule has 4 heterocycles. The van der Waals surface area contributed by atoms with E-state index in [2.05, 4.69) is 5.32 Å². The lowest BCUT2D eigenvalue weighted by molar-refractivity contribution is -0.553. The Labute approximate surface area is 165 Å². The van der Waals surface area contributed by atoms with Crippen LogP contribution < -0.4 is 24.4 Å². The minimum absolute atomic E-state index is 0.145. The number of aliphatic hydroxyl groups excluding tert-OH is 1. The number of ether oxygens (including phenoxy) is 2. The van der Waals surface area contributed by atoms with Gasteiger partial charge in [0.05, 0.1) is 12.2 Å². The normalized spacial score (nSPS) is 21.1. The summed E-state index contributed by atoms with van der Waals surface area (Å²) in [5.74, 6) is 1.32. The molecule has 0 radical (unpaired) electrons. The van der Waals surface area contributed by atoms with Crippen LogP contribution >= 0.6 is 0 Å². The molecule has 3 aliphatic heterocycles. The van der Waals surface area contributed by atoms with E-state index in [1.165, 1.54) is 10.8 Å². The zero-order chi connectivity index (χ0) is 20.0. The second kappa shape index (κ2) is 6.87. The number of carbonyl (C=O) groups excluding carboxylic acids is 2. The Hall–Kier alpha value is -3.43. The van der Waals surface area contributed by atoms with E-state index in [1.807, 2.05) is 24.3 Å². The minimum Gasteiger partial charge on any atom is -0.454 e. The van der Waals surface area contributed by atoms with Crippen LogP contribution in [0.1, 0.15) is 26.8 Å². The highest BCUT2D eigenvalue weighted by Gasteiger charge is 2.49. The molecule has 0 spiro atoms. The molecule has 3 aliphatic rings. The van der Waals surface area contributed by atoms with Gasteiger partial charge in [0, 0.05) is 12.6 Å². The molecule has 5 rings (SSSR count). The topological polar surface area (TPSA) is 101 Å². The van der Waals surface area contributed by atoms with Crippen LogP contribution in [0.2, 0.25) is 0 Å². The minimum atomic E-state index is -0.601. The standard InChI is InChI=1S/C20H17N3O6/c24-8-7-21-19(25)13-2-6-18-22(10-13)20(26)14-3-5-15(29-23(14)18)12-1-4-16-17(9-12)28-11-27-16/h1-6,9-10,14-15,24H,7-8,11H2/p+1. The van der Waals surface area contributed by atoms with E-state index in [-0.39, 0.29) is 31.8 Å². The molecule has 2 unspecified atom stereocenters. The van der Waals surface area contributed by atoms with Crippen LogP contribution in [0.25, 0.3) is 0 Å². The summed E-state index contributed by atoms with van der Waals surface area (Å²) in [5, 5.41) is 13.0. The van der Waals surface area contributed by atoms with E-state index in [4.69, 9.17) is 19.4 Å². The number of benzene rings is 1. The third-order valence-corrected chi connectivity index (χ3v) is 4.98. The number of aliphatic hydroxyl groups is 1. The van der Waals surface area contributed by atoms with E-state index in [0.29, 0.717) is 22.9 Å². The first-order valence-electron chi connectivity index (χ1n) is 9.18. The molecule has 2 N–H and O–H groups in total. The molecule has 1 amide bonds. The van der Waals surface area contributed by atoms with Crippen molar-refractivity contribution in [1.82, 2.24) is 5.32 Å². The molecule has 29 heavy (non-hydrogen) atoms. The number of hydroxylamine groups is 1. The van der Waals surface area contributed by atoms with E-state index in [9.17, 15) is 9.59 Å². The number of amides is 1. The van der Waals surface area contributed by atoms with Crippen molar-refractivity contribution < 1.29 is 33.6 Å². The number of fused-ring (bicyclic) bond motifs is 4. The predicted molar refractivity (Wildman–Crippen MR) is 98.5 cm³/mol. The van der Waals surface area contributed by atoms with Crippen molar-refractivity contribution in [2.45, 2.75) is 12.1 Å². The van der Waals surface area contributed by atoms with Gasteiger partial charge in [-0.15, -0.1) is 0 Å². The second-order valence-electron chi connectivity index (χ2n) is 6.76.